The molecule has 1 aromatic heterocycles. The molecule has 0 radical (unpaired) electrons. The Balaban J connectivity index is 2.18. The fourth-order valence-corrected chi connectivity index (χ4v) is 2.60. The highest BCUT2D eigenvalue weighted by molar-refractivity contribution is 5.77. The fraction of sp³-hybridized carbons (Fsp3) is 0.562. The van der Waals surface area contributed by atoms with Crippen LogP contribution in [0.1, 0.15) is 32.3 Å². The van der Waals surface area contributed by atoms with Crippen LogP contribution in [0.2, 0.25) is 0 Å². The van der Waals surface area contributed by atoms with Crippen molar-refractivity contribution in [1.29, 1.82) is 0 Å². The van der Waals surface area contributed by atoms with Crippen LogP contribution in [-0.4, -0.2) is 47.7 Å². The SMILES string of the molecule is COC(=O)[C@@H]1CN(C(=O)OC(C)(C)C)CC1c1cccnc1. The lowest BCUT2D eigenvalue weighted by Crippen LogP contribution is -2.36. The Labute approximate surface area is 130 Å². The number of methoxy groups -OCH3 is 1. The van der Waals surface area contributed by atoms with Gasteiger partial charge in [-0.05, 0) is 32.4 Å². The molecular weight excluding hydrogens is 284 g/mol. The van der Waals surface area contributed by atoms with Crippen molar-refractivity contribution < 1.29 is 19.1 Å². The molecule has 0 aliphatic carbocycles. The monoisotopic (exact) mass is 306 g/mol. The number of ether oxygens (including phenoxy) is 2. The summed E-state index contributed by atoms with van der Waals surface area (Å²) in [6.07, 6.45) is 2.99. The van der Waals surface area contributed by atoms with Crippen LogP contribution in [0.5, 0.6) is 0 Å². The molecule has 1 fully saturated rings. The first-order valence-electron chi connectivity index (χ1n) is 7.27. The summed E-state index contributed by atoms with van der Waals surface area (Å²) in [6, 6.07) is 3.73. The average Bonchev–Trinajstić information content (AvgIpc) is 2.91. The lowest BCUT2D eigenvalue weighted by atomic mass is 9.90. The molecule has 1 aliphatic rings. The van der Waals surface area contributed by atoms with E-state index in [0.29, 0.717) is 13.1 Å². The van der Waals surface area contributed by atoms with E-state index in [1.54, 1.807) is 17.3 Å². The van der Waals surface area contributed by atoms with Gasteiger partial charge in [-0.15, -0.1) is 0 Å². The van der Waals surface area contributed by atoms with Gasteiger partial charge in [-0.25, -0.2) is 4.79 Å². The zero-order valence-corrected chi connectivity index (χ0v) is 13.4. The first kappa shape index (κ1) is 16.3. The standard InChI is InChI=1S/C16H22N2O4/c1-16(2,3)22-15(20)18-9-12(11-6-5-7-17-8-11)13(10-18)14(19)21-4/h5-8,12-13H,9-10H2,1-4H3/t12?,13-/m1/s1. The largest absolute Gasteiger partial charge is 0.469 e. The van der Waals surface area contributed by atoms with Gasteiger partial charge in [-0.3, -0.25) is 9.78 Å². The van der Waals surface area contributed by atoms with Crippen LogP contribution < -0.4 is 0 Å². The molecule has 0 saturated carbocycles. The van der Waals surface area contributed by atoms with Gasteiger partial charge in [-0.2, -0.15) is 0 Å². The van der Waals surface area contributed by atoms with Crippen molar-refractivity contribution in [2.24, 2.45) is 5.92 Å². The molecule has 1 aromatic rings. The van der Waals surface area contributed by atoms with E-state index in [4.69, 9.17) is 9.47 Å². The third kappa shape index (κ3) is 3.75. The highest BCUT2D eigenvalue weighted by atomic mass is 16.6. The lowest BCUT2D eigenvalue weighted by molar-refractivity contribution is -0.145. The number of esters is 1. The number of hydrogen-bond donors (Lipinski definition) is 0. The highest BCUT2D eigenvalue weighted by Gasteiger charge is 2.42. The molecule has 2 atom stereocenters. The Morgan fingerprint density at radius 1 is 1.32 bits per heavy atom. The molecule has 0 bridgehead atoms. The summed E-state index contributed by atoms with van der Waals surface area (Å²) in [5, 5.41) is 0. The normalized spacial score (nSPS) is 21.5. The maximum atomic E-state index is 12.2. The Kier molecular flexibility index (Phi) is 4.68. The van der Waals surface area contributed by atoms with Crippen LogP contribution in [0.4, 0.5) is 4.79 Å². The molecule has 1 aliphatic heterocycles. The van der Waals surface area contributed by atoms with Gasteiger partial charge >= 0.3 is 12.1 Å². The van der Waals surface area contributed by atoms with Crippen LogP contribution in [0.3, 0.4) is 0 Å². The molecule has 6 nitrogen and oxygen atoms in total. The molecule has 0 spiro atoms. The maximum absolute atomic E-state index is 12.2. The van der Waals surface area contributed by atoms with Gasteiger partial charge in [-0.1, -0.05) is 6.07 Å². The quantitative estimate of drug-likeness (QED) is 0.784. The van der Waals surface area contributed by atoms with Crippen LogP contribution in [0.15, 0.2) is 24.5 Å². The van der Waals surface area contributed by atoms with Crippen molar-refractivity contribution in [1.82, 2.24) is 9.88 Å². The van der Waals surface area contributed by atoms with Gasteiger partial charge < -0.3 is 14.4 Å². The maximum Gasteiger partial charge on any atom is 0.410 e. The Bertz CT molecular complexity index is 539. The van der Waals surface area contributed by atoms with E-state index >= 15 is 0 Å². The second-order valence-electron chi connectivity index (χ2n) is 6.41. The third-order valence-corrected chi connectivity index (χ3v) is 3.59. The topological polar surface area (TPSA) is 68.7 Å². The van der Waals surface area contributed by atoms with E-state index < -0.39 is 17.6 Å². The Morgan fingerprint density at radius 2 is 2.05 bits per heavy atom. The third-order valence-electron chi connectivity index (χ3n) is 3.59. The van der Waals surface area contributed by atoms with Gasteiger partial charge in [0.15, 0.2) is 0 Å². The number of hydrogen-bond acceptors (Lipinski definition) is 5. The second-order valence-corrected chi connectivity index (χ2v) is 6.41. The molecule has 1 saturated heterocycles. The number of amides is 1. The fourth-order valence-electron chi connectivity index (χ4n) is 2.60. The molecule has 1 unspecified atom stereocenters. The van der Waals surface area contributed by atoms with Crippen molar-refractivity contribution in [2.75, 3.05) is 20.2 Å². The van der Waals surface area contributed by atoms with Crippen molar-refractivity contribution in [3.8, 4) is 0 Å². The minimum absolute atomic E-state index is 0.131. The average molecular weight is 306 g/mol. The van der Waals surface area contributed by atoms with Crippen LogP contribution >= 0.6 is 0 Å². The smallest absolute Gasteiger partial charge is 0.410 e. The number of nitrogens with zero attached hydrogens (tertiary/aromatic N) is 2. The summed E-state index contributed by atoms with van der Waals surface area (Å²) in [6.45, 7) is 6.16. The predicted octanol–water partition coefficient (Wildman–Crippen LogP) is 2.21. The zero-order chi connectivity index (χ0) is 16.3. The van der Waals surface area contributed by atoms with E-state index in [0.717, 1.165) is 5.56 Å². The van der Waals surface area contributed by atoms with E-state index in [2.05, 4.69) is 4.98 Å². The van der Waals surface area contributed by atoms with Crippen LogP contribution in [0, 0.1) is 5.92 Å². The van der Waals surface area contributed by atoms with E-state index in [1.165, 1.54) is 7.11 Å². The highest BCUT2D eigenvalue weighted by Crippen LogP contribution is 2.33. The van der Waals surface area contributed by atoms with Gasteiger partial charge in [0.2, 0.25) is 0 Å². The van der Waals surface area contributed by atoms with Gasteiger partial charge in [0.05, 0.1) is 13.0 Å². The van der Waals surface area contributed by atoms with Gasteiger partial charge in [0, 0.05) is 31.4 Å². The van der Waals surface area contributed by atoms with Crippen LogP contribution in [0.25, 0.3) is 0 Å². The predicted molar refractivity (Wildman–Crippen MR) is 80.3 cm³/mol. The molecule has 22 heavy (non-hydrogen) atoms. The molecule has 0 N–H and O–H groups in total. The number of pyridine rings is 1. The number of carbonyl (C=O) groups is 2. The molecule has 2 rings (SSSR count). The zero-order valence-electron chi connectivity index (χ0n) is 13.4. The summed E-state index contributed by atoms with van der Waals surface area (Å²) in [5.41, 5.74) is 0.355. The van der Waals surface area contributed by atoms with E-state index in [9.17, 15) is 9.59 Å². The lowest BCUT2D eigenvalue weighted by Gasteiger charge is -2.24. The number of rotatable bonds is 2. The molecule has 6 heteroatoms. The molecule has 120 valence electrons. The minimum Gasteiger partial charge on any atom is -0.469 e. The van der Waals surface area contributed by atoms with Gasteiger partial charge in [0.25, 0.3) is 0 Å². The minimum atomic E-state index is -0.565. The van der Waals surface area contributed by atoms with Gasteiger partial charge in [0.1, 0.15) is 5.60 Å². The summed E-state index contributed by atoms with van der Waals surface area (Å²) in [7, 11) is 1.36. The Hall–Kier alpha value is -2.11. The first-order chi connectivity index (χ1) is 10.3. The second kappa shape index (κ2) is 6.34. The summed E-state index contributed by atoms with van der Waals surface area (Å²) >= 11 is 0. The molecular formula is C16H22N2O4. The number of aromatic nitrogens is 1. The first-order valence-corrected chi connectivity index (χ1v) is 7.27. The van der Waals surface area contributed by atoms with E-state index in [1.807, 2.05) is 32.9 Å². The summed E-state index contributed by atoms with van der Waals surface area (Å²) in [4.78, 5) is 29.9. The number of likely N-dealkylation sites (tertiary alicyclic amines) is 1. The Morgan fingerprint density at radius 3 is 2.59 bits per heavy atom. The van der Waals surface area contributed by atoms with Crippen molar-refractivity contribution in [3.63, 3.8) is 0 Å². The molecule has 0 aromatic carbocycles. The van der Waals surface area contributed by atoms with Crippen molar-refractivity contribution >= 4 is 12.1 Å². The van der Waals surface area contributed by atoms with Crippen LogP contribution in [-0.2, 0) is 14.3 Å². The molecule has 2 heterocycles. The van der Waals surface area contributed by atoms with Crippen molar-refractivity contribution in [2.45, 2.75) is 32.3 Å². The summed E-state index contributed by atoms with van der Waals surface area (Å²) in [5.74, 6) is -0.852. The summed E-state index contributed by atoms with van der Waals surface area (Å²) < 4.78 is 10.3. The van der Waals surface area contributed by atoms with E-state index in [-0.39, 0.29) is 11.9 Å². The number of carbonyl (C=O) groups excluding carboxylic acids is 2. The molecule has 1 amide bonds. The van der Waals surface area contributed by atoms with Crippen molar-refractivity contribution in [3.05, 3.63) is 30.1 Å².